The average molecular weight is 486 g/mol. The smallest absolute Gasteiger partial charge is 0.266 e. The minimum absolute atomic E-state index is 0.0373. The highest BCUT2D eigenvalue weighted by Gasteiger charge is 2.26. The summed E-state index contributed by atoms with van der Waals surface area (Å²) in [6.45, 7) is 4.02. The van der Waals surface area contributed by atoms with Crippen LogP contribution in [0.4, 0.5) is 5.82 Å². The minimum Gasteiger partial charge on any atom is -0.354 e. The monoisotopic (exact) mass is 485 g/mol. The summed E-state index contributed by atoms with van der Waals surface area (Å²) in [5.41, 5.74) is 2.80. The highest BCUT2D eigenvalue weighted by atomic mass is 16.2. The Labute approximate surface area is 207 Å². The second kappa shape index (κ2) is 10.5. The standard InChI is InChI=1S/C25H27N9O2/c1-18-5-2-3-7-20(18)21-8-9-22(30-29-21)32-13-4-6-19(15-32)25(36)27-12-14-33-24(35)11-10-23(31-33)34-17-26-16-28-34/h2-3,5,7-11,16-17,19H,4,6,12-15H2,1H3,(H,27,36). The first-order valence-electron chi connectivity index (χ1n) is 11.9. The molecule has 1 saturated heterocycles. The first-order chi connectivity index (χ1) is 17.6. The zero-order valence-electron chi connectivity index (χ0n) is 20.0. The third-order valence-electron chi connectivity index (χ3n) is 6.32. The Hall–Kier alpha value is -4.41. The highest BCUT2D eigenvalue weighted by molar-refractivity contribution is 5.79. The fraction of sp³-hybridized carbons (Fsp3) is 0.320. The molecule has 1 N–H and O–H groups in total. The summed E-state index contributed by atoms with van der Waals surface area (Å²) in [5.74, 6) is 1.05. The van der Waals surface area contributed by atoms with Crippen LogP contribution in [0.15, 0.2) is 66.0 Å². The maximum atomic E-state index is 12.9. The molecule has 1 unspecified atom stereocenters. The van der Waals surface area contributed by atoms with Gasteiger partial charge in [-0.1, -0.05) is 24.3 Å². The van der Waals surface area contributed by atoms with Gasteiger partial charge in [-0.05, 0) is 43.5 Å². The normalized spacial score (nSPS) is 15.6. The van der Waals surface area contributed by atoms with Gasteiger partial charge in [0.2, 0.25) is 5.91 Å². The molecule has 0 aliphatic carbocycles. The van der Waals surface area contributed by atoms with E-state index in [-0.39, 0.29) is 23.9 Å². The van der Waals surface area contributed by atoms with Crippen molar-refractivity contribution in [1.29, 1.82) is 0 Å². The number of nitrogens with zero attached hydrogens (tertiary/aromatic N) is 8. The highest BCUT2D eigenvalue weighted by Crippen LogP contribution is 2.24. The molecule has 1 aliphatic heterocycles. The van der Waals surface area contributed by atoms with Gasteiger partial charge in [0.25, 0.3) is 5.56 Å². The molecule has 11 nitrogen and oxygen atoms in total. The number of amides is 1. The van der Waals surface area contributed by atoms with Crippen LogP contribution in [0.5, 0.6) is 0 Å². The van der Waals surface area contributed by atoms with E-state index in [1.165, 1.54) is 28.1 Å². The number of piperidine rings is 1. The van der Waals surface area contributed by atoms with Gasteiger partial charge in [-0.2, -0.15) is 5.10 Å². The number of aryl methyl sites for hydroxylation is 1. The lowest BCUT2D eigenvalue weighted by Crippen LogP contribution is -2.44. The number of aromatic nitrogens is 7. The second-order valence-electron chi connectivity index (χ2n) is 8.76. The molecule has 0 spiro atoms. The Morgan fingerprint density at radius 3 is 2.72 bits per heavy atom. The van der Waals surface area contributed by atoms with Crippen LogP contribution in [0.1, 0.15) is 18.4 Å². The van der Waals surface area contributed by atoms with Gasteiger partial charge in [0.05, 0.1) is 18.2 Å². The van der Waals surface area contributed by atoms with Gasteiger partial charge in [0.1, 0.15) is 12.7 Å². The Kier molecular flexibility index (Phi) is 6.78. The molecule has 184 valence electrons. The van der Waals surface area contributed by atoms with Crippen LogP contribution in [0.2, 0.25) is 0 Å². The number of benzene rings is 1. The first-order valence-corrected chi connectivity index (χ1v) is 11.9. The third kappa shape index (κ3) is 5.14. The summed E-state index contributed by atoms with van der Waals surface area (Å²) in [4.78, 5) is 31.1. The van der Waals surface area contributed by atoms with Crippen molar-refractivity contribution in [1.82, 2.24) is 40.1 Å². The zero-order chi connectivity index (χ0) is 24.9. The number of carbonyl (C=O) groups excluding carboxylic acids is 1. The SMILES string of the molecule is Cc1ccccc1-c1ccc(N2CCCC(C(=O)NCCn3nc(-n4cncn4)ccc3=O)C2)nn1. The van der Waals surface area contributed by atoms with E-state index in [2.05, 4.69) is 48.6 Å². The molecular formula is C25H27N9O2. The van der Waals surface area contributed by atoms with E-state index in [9.17, 15) is 9.59 Å². The number of anilines is 1. The maximum absolute atomic E-state index is 12.9. The first kappa shape index (κ1) is 23.3. The molecule has 0 bridgehead atoms. The molecule has 3 aromatic heterocycles. The summed E-state index contributed by atoms with van der Waals surface area (Å²) >= 11 is 0. The van der Waals surface area contributed by atoms with Gasteiger partial charge in [-0.3, -0.25) is 9.59 Å². The number of rotatable bonds is 7. The van der Waals surface area contributed by atoms with Crippen LogP contribution in [-0.2, 0) is 11.3 Å². The van der Waals surface area contributed by atoms with Crippen molar-refractivity contribution in [3.63, 3.8) is 0 Å². The summed E-state index contributed by atoms with van der Waals surface area (Å²) in [6, 6.07) is 15.0. The van der Waals surface area contributed by atoms with Crippen molar-refractivity contribution in [2.75, 3.05) is 24.5 Å². The van der Waals surface area contributed by atoms with Gasteiger partial charge < -0.3 is 10.2 Å². The van der Waals surface area contributed by atoms with E-state index in [0.29, 0.717) is 18.9 Å². The summed E-state index contributed by atoms with van der Waals surface area (Å²) in [7, 11) is 0. The van der Waals surface area contributed by atoms with E-state index in [1.54, 1.807) is 6.07 Å². The maximum Gasteiger partial charge on any atom is 0.266 e. The van der Waals surface area contributed by atoms with E-state index >= 15 is 0 Å². The Balaban J connectivity index is 1.17. The largest absolute Gasteiger partial charge is 0.354 e. The van der Waals surface area contributed by atoms with Gasteiger partial charge in [0, 0.05) is 31.3 Å². The van der Waals surface area contributed by atoms with Crippen molar-refractivity contribution in [3.8, 4) is 17.1 Å². The number of hydrogen-bond acceptors (Lipinski definition) is 8. The molecule has 11 heteroatoms. The molecule has 0 radical (unpaired) electrons. The van der Waals surface area contributed by atoms with Gasteiger partial charge in [-0.15, -0.1) is 15.3 Å². The van der Waals surface area contributed by atoms with Crippen LogP contribution in [0.25, 0.3) is 17.1 Å². The molecule has 36 heavy (non-hydrogen) atoms. The lowest BCUT2D eigenvalue weighted by molar-refractivity contribution is -0.125. The van der Waals surface area contributed by atoms with Crippen LogP contribution < -0.4 is 15.8 Å². The molecule has 1 amide bonds. The third-order valence-corrected chi connectivity index (χ3v) is 6.32. The van der Waals surface area contributed by atoms with Gasteiger partial charge in [-0.25, -0.2) is 14.3 Å². The number of carbonyl (C=O) groups is 1. The Morgan fingerprint density at radius 2 is 1.94 bits per heavy atom. The second-order valence-corrected chi connectivity index (χ2v) is 8.76. The molecule has 0 saturated carbocycles. The quantitative estimate of drug-likeness (QED) is 0.419. The van der Waals surface area contributed by atoms with Crippen LogP contribution in [0, 0.1) is 12.8 Å². The van der Waals surface area contributed by atoms with E-state index in [1.807, 2.05) is 30.3 Å². The lowest BCUT2D eigenvalue weighted by atomic mass is 9.97. The topological polar surface area (TPSA) is 124 Å². The molecule has 4 heterocycles. The van der Waals surface area contributed by atoms with Crippen molar-refractivity contribution in [2.45, 2.75) is 26.3 Å². The predicted molar refractivity (Wildman–Crippen MR) is 134 cm³/mol. The molecule has 5 rings (SSSR count). The minimum atomic E-state index is -0.246. The van der Waals surface area contributed by atoms with Crippen LogP contribution in [0.3, 0.4) is 0 Å². The van der Waals surface area contributed by atoms with E-state index in [4.69, 9.17) is 0 Å². The van der Waals surface area contributed by atoms with Crippen LogP contribution in [-0.4, -0.2) is 60.3 Å². The molecular weight excluding hydrogens is 458 g/mol. The average Bonchev–Trinajstić information content (AvgIpc) is 3.45. The van der Waals surface area contributed by atoms with Crippen molar-refractivity contribution < 1.29 is 4.79 Å². The lowest BCUT2D eigenvalue weighted by Gasteiger charge is -2.32. The fourth-order valence-corrected chi connectivity index (χ4v) is 4.37. The Morgan fingerprint density at radius 1 is 1.08 bits per heavy atom. The van der Waals surface area contributed by atoms with Crippen molar-refractivity contribution in [3.05, 3.63) is 77.1 Å². The zero-order valence-corrected chi connectivity index (χ0v) is 20.0. The van der Waals surface area contributed by atoms with E-state index in [0.717, 1.165) is 42.0 Å². The van der Waals surface area contributed by atoms with Crippen molar-refractivity contribution >= 4 is 11.7 Å². The number of nitrogens with one attached hydrogen (secondary N) is 1. The van der Waals surface area contributed by atoms with Crippen LogP contribution >= 0.6 is 0 Å². The summed E-state index contributed by atoms with van der Waals surface area (Å²) in [5, 5.41) is 20.2. The Bertz CT molecular complexity index is 1380. The number of hydrogen-bond donors (Lipinski definition) is 1. The van der Waals surface area contributed by atoms with Crippen molar-refractivity contribution in [2.24, 2.45) is 5.92 Å². The molecule has 1 aromatic carbocycles. The van der Waals surface area contributed by atoms with E-state index < -0.39 is 0 Å². The summed E-state index contributed by atoms with van der Waals surface area (Å²) in [6.07, 6.45) is 4.60. The summed E-state index contributed by atoms with van der Waals surface area (Å²) < 4.78 is 2.79. The molecule has 1 fully saturated rings. The van der Waals surface area contributed by atoms with Gasteiger partial charge >= 0.3 is 0 Å². The predicted octanol–water partition coefficient (Wildman–Crippen LogP) is 1.62. The fourth-order valence-electron chi connectivity index (χ4n) is 4.37. The van der Waals surface area contributed by atoms with Gasteiger partial charge in [0.15, 0.2) is 11.6 Å². The molecule has 1 atom stereocenters. The molecule has 4 aromatic rings. The molecule has 1 aliphatic rings.